The summed E-state index contributed by atoms with van der Waals surface area (Å²) in [5, 5.41) is 3.34. The zero-order valence-electron chi connectivity index (χ0n) is 18.2. The van der Waals surface area contributed by atoms with Crippen molar-refractivity contribution in [2.45, 2.75) is 30.4 Å². The third-order valence-corrected chi connectivity index (χ3v) is 7.18. The average Bonchev–Trinajstić information content (AvgIpc) is 3.08. The molecule has 0 radical (unpaired) electrons. The van der Waals surface area contributed by atoms with E-state index >= 15 is 0 Å². The van der Waals surface area contributed by atoms with E-state index in [4.69, 9.17) is 11.6 Å². The van der Waals surface area contributed by atoms with Gasteiger partial charge in [-0.05, 0) is 53.9 Å². The molecule has 0 bridgehead atoms. The molecule has 0 spiro atoms. The number of amides is 2. The molecule has 0 aromatic heterocycles. The lowest BCUT2D eigenvalue weighted by molar-refractivity contribution is -0.126. The van der Waals surface area contributed by atoms with Gasteiger partial charge in [0.05, 0.1) is 10.9 Å². The first-order valence-electron chi connectivity index (χ1n) is 10.4. The van der Waals surface area contributed by atoms with Crippen LogP contribution in [0.25, 0.3) is 0 Å². The van der Waals surface area contributed by atoms with E-state index in [0.717, 1.165) is 17.4 Å². The Balaban J connectivity index is 1.61. The zero-order chi connectivity index (χ0) is 23.8. The zero-order valence-corrected chi connectivity index (χ0v) is 19.7. The van der Waals surface area contributed by atoms with Crippen LogP contribution in [0.2, 0.25) is 5.02 Å². The highest BCUT2D eigenvalue weighted by atomic mass is 35.5. The van der Waals surface area contributed by atoms with Crippen molar-refractivity contribution in [1.82, 2.24) is 10.2 Å². The van der Waals surface area contributed by atoms with Crippen LogP contribution in [0.4, 0.5) is 0 Å². The van der Waals surface area contributed by atoms with Gasteiger partial charge < -0.3 is 10.2 Å². The fourth-order valence-electron chi connectivity index (χ4n) is 4.06. The SMILES string of the molecule is C[C@H](c1ccccc1)N1C(=O)c2ccc(Cl)cc2C1C(=O)NCc1ccc(S(C)(=O)=O)cc1. The summed E-state index contributed by atoms with van der Waals surface area (Å²) in [6.45, 7) is 2.09. The molecule has 0 saturated carbocycles. The van der Waals surface area contributed by atoms with Crippen LogP contribution in [0.15, 0.2) is 77.7 Å². The second-order valence-electron chi connectivity index (χ2n) is 8.07. The van der Waals surface area contributed by atoms with Crippen LogP contribution < -0.4 is 5.32 Å². The van der Waals surface area contributed by atoms with Crippen LogP contribution in [0.5, 0.6) is 0 Å². The van der Waals surface area contributed by atoms with Gasteiger partial charge in [0.2, 0.25) is 5.91 Å². The molecule has 2 amide bonds. The molecule has 1 aliphatic rings. The number of nitrogens with one attached hydrogen (secondary N) is 1. The molecule has 0 aliphatic carbocycles. The summed E-state index contributed by atoms with van der Waals surface area (Å²) >= 11 is 6.20. The Hall–Kier alpha value is -3.16. The Morgan fingerprint density at radius 1 is 1.06 bits per heavy atom. The second-order valence-corrected chi connectivity index (χ2v) is 10.5. The van der Waals surface area contributed by atoms with Gasteiger partial charge in [-0.1, -0.05) is 54.1 Å². The number of hydrogen-bond acceptors (Lipinski definition) is 4. The molecule has 1 aliphatic heterocycles. The summed E-state index contributed by atoms with van der Waals surface area (Å²) in [5.74, 6) is -0.560. The number of nitrogens with zero attached hydrogens (tertiary/aromatic N) is 1. The van der Waals surface area contributed by atoms with Crippen LogP contribution in [-0.2, 0) is 21.2 Å². The fraction of sp³-hybridized carbons (Fsp3) is 0.200. The van der Waals surface area contributed by atoms with Gasteiger partial charge in [0.15, 0.2) is 9.84 Å². The van der Waals surface area contributed by atoms with Crippen molar-refractivity contribution in [3.63, 3.8) is 0 Å². The van der Waals surface area contributed by atoms with Crippen LogP contribution in [0.1, 0.15) is 46.1 Å². The van der Waals surface area contributed by atoms with Crippen molar-refractivity contribution in [2.75, 3.05) is 6.26 Å². The number of halogens is 1. The quantitative estimate of drug-likeness (QED) is 0.567. The summed E-state index contributed by atoms with van der Waals surface area (Å²) in [5.41, 5.74) is 2.69. The van der Waals surface area contributed by atoms with Gasteiger partial charge in [0, 0.05) is 23.4 Å². The minimum atomic E-state index is -3.29. The van der Waals surface area contributed by atoms with Crippen molar-refractivity contribution in [3.8, 4) is 0 Å². The molecule has 33 heavy (non-hydrogen) atoms. The van der Waals surface area contributed by atoms with E-state index < -0.39 is 15.9 Å². The number of carbonyl (C=O) groups is 2. The molecule has 3 aromatic carbocycles. The largest absolute Gasteiger partial charge is 0.350 e. The van der Waals surface area contributed by atoms with E-state index in [1.54, 1.807) is 35.2 Å². The highest BCUT2D eigenvalue weighted by molar-refractivity contribution is 7.90. The minimum absolute atomic E-state index is 0.191. The van der Waals surface area contributed by atoms with Gasteiger partial charge in [-0.3, -0.25) is 9.59 Å². The summed E-state index contributed by atoms with van der Waals surface area (Å²) in [6, 6.07) is 19.7. The molecule has 1 heterocycles. The molecule has 0 saturated heterocycles. The molecule has 1 N–H and O–H groups in total. The molecule has 170 valence electrons. The topological polar surface area (TPSA) is 83.6 Å². The van der Waals surface area contributed by atoms with Crippen molar-refractivity contribution in [3.05, 3.63) is 100 Å². The van der Waals surface area contributed by atoms with Crippen LogP contribution in [0.3, 0.4) is 0 Å². The Morgan fingerprint density at radius 2 is 1.73 bits per heavy atom. The maximum absolute atomic E-state index is 13.4. The number of sulfone groups is 1. The number of carbonyl (C=O) groups excluding carboxylic acids is 2. The van der Waals surface area contributed by atoms with E-state index in [1.807, 2.05) is 37.3 Å². The third kappa shape index (κ3) is 4.65. The summed E-state index contributed by atoms with van der Waals surface area (Å²) in [6.07, 6.45) is 1.14. The fourth-order valence-corrected chi connectivity index (χ4v) is 4.87. The van der Waals surface area contributed by atoms with E-state index in [0.29, 0.717) is 16.1 Å². The van der Waals surface area contributed by atoms with Crippen molar-refractivity contribution in [1.29, 1.82) is 0 Å². The molecular formula is C25H23ClN2O4S. The molecule has 6 nitrogen and oxygen atoms in total. The van der Waals surface area contributed by atoms with Gasteiger partial charge in [0.1, 0.15) is 6.04 Å². The van der Waals surface area contributed by atoms with Gasteiger partial charge in [-0.15, -0.1) is 0 Å². The molecule has 8 heteroatoms. The normalized spacial score (nSPS) is 16.4. The standard InChI is InChI=1S/C25H23ClN2O4S/c1-16(18-6-4-3-5-7-18)28-23(22-14-19(26)10-13-21(22)25(28)30)24(29)27-15-17-8-11-20(12-9-17)33(2,31)32/h3-14,16,23H,15H2,1-2H3,(H,27,29)/t16-,23?/m1/s1. The van der Waals surface area contributed by atoms with Gasteiger partial charge in [0.25, 0.3) is 5.91 Å². The van der Waals surface area contributed by atoms with E-state index in [-0.39, 0.29) is 29.3 Å². The molecule has 0 fully saturated rings. The third-order valence-electron chi connectivity index (χ3n) is 5.82. The smallest absolute Gasteiger partial charge is 0.255 e. The van der Waals surface area contributed by atoms with E-state index in [2.05, 4.69) is 5.32 Å². The lowest BCUT2D eigenvalue weighted by Gasteiger charge is -2.31. The maximum atomic E-state index is 13.4. The van der Waals surface area contributed by atoms with E-state index in [9.17, 15) is 18.0 Å². The summed E-state index contributed by atoms with van der Waals surface area (Å²) in [4.78, 5) is 28.5. The van der Waals surface area contributed by atoms with Crippen molar-refractivity contribution >= 4 is 33.3 Å². The Morgan fingerprint density at radius 3 is 2.36 bits per heavy atom. The maximum Gasteiger partial charge on any atom is 0.255 e. The Bertz CT molecular complexity index is 1310. The van der Waals surface area contributed by atoms with Crippen LogP contribution in [-0.4, -0.2) is 31.4 Å². The minimum Gasteiger partial charge on any atom is -0.350 e. The molecule has 2 atom stereocenters. The van der Waals surface area contributed by atoms with Crippen LogP contribution >= 0.6 is 11.6 Å². The predicted molar refractivity (Wildman–Crippen MR) is 127 cm³/mol. The monoisotopic (exact) mass is 482 g/mol. The first kappa shape index (κ1) is 23.0. The average molecular weight is 483 g/mol. The molecular weight excluding hydrogens is 460 g/mol. The highest BCUT2D eigenvalue weighted by Crippen LogP contribution is 2.41. The van der Waals surface area contributed by atoms with Crippen molar-refractivity contribution < 1.29 is 18.0 Å². The van der Waals surface area contributed by atoms with Crippen LogP contribution in [0, 0.1) is 0 Å². The lowest BCUT2D eigenvalue weighted by Crippen LogP contribution is -2.40. The Kier molecular flexibility index (Phi) is 6.28. The first-order chi connectivity index (χ1) is 15.7. The highest BCUT2D eigenvalue weighted by Gasteiger charge is 2.43. The second kappa shape index (κ2) is 9.00. The predicted octanol–water partition coefficient (Wildman–Crippen LogP) is 4.32. The van der Waals surface area contributed by atoms with Gasteiger partial charge in [-0.2, -0.15) is 0 Å². The number of benzene rings is 3. The number of hydrogen-bond donors (Lipinski definition) is 1. The molecule has 1 unspecified atom stereocenters. The Labute approximate surface area is 198 Å². The lowest BCUT2D eigenvalue weighted by atomic mass is 10.0. The van der Waals surface area contributed by atoms with E-state index in [1.165, 1.54) is 12.1 Å². The van der Waals surface area contributed by atoms with Gasteiger partial charge >= 0.3 is 0 Å². The number of rotatable bonds is 6. The molecule has 4 rings (SSSR count). The summed E-state index contributed by atoms with van der Waals surface area (Å²) in [7, 11) is -3.29. The van der Waals surface area contributed by atoms with Gasteiger partial charge in [-0.25, -0.2) is 8.42 Å². The van der Waals surface area contributed by atoms with Crippen molar-refractivity contribution in [2.24, 2.45) is 0 Å². The number of fused-ring (bicyclic) bond motifs is 1. The molecule has 3 aromatic rings. The first-order valence-corrected chi connectivity index (χ1v) is 12.7. The summed E-state index contributed by atoms with van der Waals surface area (Å²) < 4.78 is 23.3.